The second kappa shape index (κ2) is 6.41. The summed E-state index contributed by atoms with van der Waals surface area (Å²) in [5.74, 6) is 2.54. The number of imidazole rings is 1. The van der Waals surface area contributed by atoms with Crippen LogP contribution >= 0.6 is 43.6 Å². The van der Waals surface area contributed by atoms with Crippen LogP contribution in [0.2, 0.25) is 0 Å². The molecule has 0 saturated heterocycles. The zero-order valence-corrected chi connectivity index (χ0v) is 16.2. The van der Waals surface area contributed by atoms with Crippen LogP contribution in [-0.2, 0) is 6.54 Å². The Hall–Kier alpha value is -1.52. The maximum absolute atomic E-state index is 5.94. The highest BCUT2D eigenvalue weighted by molar-refractivity contribution is 9.10. The number of hydrogen-bond donors (Lipinski definition) is 1. The lowest BCUT2D eigenvalue weighted by atomic mass is 10.3. The normalized spacial score (nSPS) is 12.9. The number of nitrogens with two attached hydrogens (primary N) is 1. The van der Waals surface area contributed by atoms with E-state index in [0.717, 1.165) is 32.8 Å². The number of halogens is 2. The van der Waals surface area contributed by atoms with Gasteiger partial charge in [0.25, 0.3) is 0 Å². The lowest BCUT2D eigenvalue weighted by molar-refractivity contribution is 0.174. The first-order valence-electron chi connectivity index (χ1n) is 6.97. The Morgan fingerprint density at radius 1 is 1.25 bits per heavy atom. The van der Waals surface area contributed by atoms with Crippen molar-refractivity contribution in [3.63, 3.8) is 0 Å². The van der Waals surface area contributed by atoms with E-state index in [4.69, 9.17) is 15.2 Å². The summed E-state index contributed by atoms with van der Waals surface area (Å²) in [5.41, 5.74) is 6.55. The molecule has 7 nitrogen and oxygen atoms in total. The van der Waals surface area contributed by atoms with Gasteiger partial charge in [-0.2, -0.15) is 0 Å². The van der Waals surface area contributed by atoms with Gasteiger partial charge in [0.2, 0.25) is 6.79 Å². The summed E-state index contributed by atoms with van der Waals surface area (Å²) in [4.78, 5) is 14.2. The Morgan fingerprint density at radius 3 is 2.83 bits per heavy atom. The highest BCUT2D eigenvalue weighted by Gasteiger charge is 2.21. The first kappa shape index (κ1) is 16.0. The van der Waals surface area contributed by atoms with Crippen molar-refractivity contribution >= 4 is 49.4 Å². The molecular formula is C14H11Br2N5O2S. The molecule has 0 unspecified atom stereocenters. The van der Waals surface area contributed by atoms with Crippen molar-refractivity contribution in [2.75, 3.05) is 17.9 Å². The third-order valence-electron chi connectivity index (χ3n) is 3.43. The highest BCUT2D eigenvalue weighted by Crippen LogP contribution is 2.43. The molecule has 3 aliphatic rings. The topological polar surface area (TPSA) is 88.1 Å². The Balaban J connectivity index is 1.72. The molecule has 0 aliphatic carbocycles. The molecule has 1 aromatic rings. The Labute approximate surface area is 158 Å². The van der Waals surface area contributed by atoms with Gasteiger partial charge in [-0.1, -0.05) is 15.9 Å². The third kappa shape index (κ3) is 2.82. The van der Waals surface area contributed by atoms with Crippen LogP contribution in [0, 0.1) is 0 Å². The number of nitrogens with zero attached hydrogens (tertiary/aromatic N) is 4. The Bertz CT molecular complexity index is 888. The number of anilines is 1. The maximum atomic E-state index is 5.94. The standard InChI is InChI=1S/C14H11Br2N5O2S/c15-1-2-21-5-18-12(17)11-13(21)20-14(19-11)24-10-4-9-8(3-7(10)16)22-6-23-9/h3-5H,1-2,6,17H2. The van der Waals surface area contributed by atoms with E-state index < -0.39 is 0 Å². The fraction of sp³-hybridized carbons (Fsp3) is 0.214. The predicted octanol–water partition coefficient (Wildman–Crippen LogP) is 3.40. The number of aryl methyl sites for hydroxylation is 1. The minimum absolute atomic E-state index is 0.238. The fourth-order valence-electron chi connectivity index (χ4n) is 2.31. The van der Waals surface area contributed by atoms with Crippen molar-refractivity contribution < 1.29 is 9.47 Å². The molecule has 2 N–H and O–H groups in total. The first-order valence-corrected chi connectivity index (χ1v) is 9.70. The van der Waals surface area contributed by atoms with Gasteiger partial charge in [-0.15, -0.1) is 0 Å². The van der Waals surface area contributed by atoms with Gasteiger partial charge in [0.1, 0.15) is 0 Å². The fourth-order valence-corrected chi connectivity index (χ4v) is 4.04. The van der Waals surface area contributed by atoms with E-state index in [1.807, 2.05) is 16.7 Å². The number of nitrogen functional groups attached to an aromatic ring is 1. The smallest absolute Gasteiger partial charge is 0.231 e. The van der Waals surface area contributed by atoms with Crippen LogP contribution in [0.5, 0.6) is 11.5 Å². The molecule has 0 radical (unpaired) electrons. The number of aromatic nitrogens is 4. The van der Waals surface area contributed by atoms with E-state index >= 15 is 0 Å². The molecule has 124 valence electrons. The minimum atomic E-state index is 0.238. The number of hydrogen-bond acceptors (Lipinski definition) is 7. The molecule has 0 atom stereocenters. The molecule has 1 aromatic carbocycles. The molecule has 0 amide bonds. The number of rotatable bonds is 4. The summed E-state index contributed by atoms with van der Waals surface area (Å²) in [5, 5.41) is 1.40. The van der Waals surface area contributed by atoms with E-state index in [2.05, 4.69) is 46.8 Å². The molecule has 0 saturated carbocycles. The molecule has 4 rings (SSSR count). The summed E-state index contributed by atoms with van der Waals surface area (Å²) in [6, 6.07) is 3.79. The highest BCUT2D eigenvalue weighted by atomic mass is 79.9. The number of fused-ring (bicyclic) bond motifs is 2. The summed E-state index contributed by atoms with van der Waals surface area (Å²) in [6.07, 6.45) is 1.68. The largest absolute Gasteiger partial charge is 0.454 e. The SMILES string of the molecule is Nc1ncn(CCBr)c2nc(Sc3cc4c(cc3Br)OCO4)nc1-2. The van der Waals surface area contributed by atoms with Crippen molar-refractivity contribution in [3.8, 4) is 23.0 Å². The summed E-state index contributed by atoms with van der Waals surface area (Å²) < 4.78 is 13.6. The van der Waals surface area contributed by atoms with Crippen molar-refractivity contribution in [2.24, 2.45) is 0 Å². The van der Waals surface area contributed by atoms with Gasteiger partial charge in [-0.25, -0.2) is 15.0 Å². The van der Waals surface area contributed by atoms with Crippen molar-refractivity contribution in [1.29, 1.82) is 0 Å². The van der Waals surface area contributed by atoms with Gasteiger partial charge in [0.05, 0.1) is 6.33 Å². The van der Waals surface area contributed by atoms with Gasteiger partial charge in [0.15, 0.2) is 34.0 Å². The van der Waals surface area contributed by atoms with Crippen LogP contribution in [0.3, 0.4) is 0 Å². The monoisotopic (exact) mass is 471 g/mol. The number of ether oxygens (including phenoxy) is 2. The van der Waals surface area contributed by atoms with E-state index in [9.17, 15) is 0 Å². The van der Waals surface area contributed by atoms with Crippen LogP contribution in [0.15, 0.2) is 33.0 Å². The van der Waals surface area contributed by atoms with Gasteiger partial charge < -0.3 is 19.8 Å². The van der Waals surface area contributed by atoms with E-state index in [0.29, 0.717) is 22.4 Å². The number of alkyl halides is 1. The Kier molecular flexibility index (Phi) is 4.27. The average molecular weight is 473 g/mol. The van der Waals surface area contributed by atoms with Crippen molar-refractivity contribution in [1.82, 2.24) is 19.5 Å². The summed E-state index contributed by atoms with van der Waals surface area (Å²) >= 11 is 8.40. The molecular weight excluding hydrogens is 462 g/mol. The molecule has 3 heterocycles. The second-order valence-electron chi connectivity index (χ2n) is 4.93. The lowest BCUT2D eigenvalue weighted by Crippen LogP contribution is -2.08. The molecule has 0 spiro atoms. The summed E-state index contributed by atoms with van der Waals surface area (Å²) in [7, 11) is 0. The molecule has 0 fully saturated rings. The average Bonchev–Trinajstić information content (AvgIpc) is 3.18. The van der Waals surface area contributed by atoms with Crippen LogP contribution in [-0.4, -0.2) is 31.6 Å². The summed E-state index contributed by atoms with van der Waals surface area (Å²) in [6.45, 7) is 0.974. The van der Waals surface area contributed by atoms with E-state index in [-0.39, 0.29) is 6.79 Å². The lowest BCUT2D eigenvalue weighted by Gasteiger charge is -2.08. The zero-order valence-electron chi connectivity index (χ0n) is 12.2. The van der Waals surface area contributed by atoms with Crippen molar-refractivity contribution in [2.45, 2.75) is 16.6 Å². The quantitative estimate of drug-likeness (QED) is 0.582. The maximum Gasteiger partial charge on any atom is 0.231 e. The number of benzene rings is 1. The van der Waals surface area contributed by atoms with Crippen LogP contribution in [0.1, 0.15) is 0 Å². The third-order valence-corrected chi connectivity index (χ3v) is 5.62. The van der Waals surface area contributed by atoms with E-state index in [1.54, 1.807) is 6.33 Å². The predicted molar refractivity (Wildman–Crippen MR) is 97.0 cm³/mol. The molecule has 24 heavy (non-hydrogen) atoms. The van der Waals surface area contributed by atoms with Crippen LogP contribution in [0.25, 0.3) is 11.5 Å². The zero-order chi connectivity index (χ0) is 16.7. The first-order chi connectivity index (χ1) is 11.7. The molecule has 0 aromatic heterocycles. The van der Waals surface area contributed by atoms with Crippen molar-refractivity contribution in [3.05, 3.63) is 22.9 Å². The molecule has 0 bridgehead atoms. The van der Waals surface area contributed by atoms with E-state index in [1.165, 1.54) is 11.8 Å². The van der Waals surface area contributed by atoms with Gasteiger partial charge in [-0.05, 0) is 39.8 Å². The second-order valence-corrected chi connectivity index (χ2v) is 7.58. The molecule has 3 aliphatic heterocycles. The van der Waals surface area contributed by atoms with Crippen LogP contribution < -0.4 is 15.2 Å². The van der Waals surface area contributed by atoms with Gasteiger partial charge in [-0.3, -0.25) is 0 Å². The minimum Gasteiger partial charge on any atom is -0.454 e. The van der Waals surface area contributed by atoms with Gasteiger partial charge >= 0.3 is 0 Å². The molecule has 10 heteroatoms. The Morgan fingerprint density at radius 2 is 2.04 bits per heavy atom. The van der Waals surface area contributed by atoms with Crippen LogP contribution in [0.4, 0.5) is 5.82 Å². The van der Waals surface area contributed by atoms with Gasteiger partial charge in [0, 0.05) is 21.2 Å².